The Bertz CT molecular complexity index is 590. The molecule has 1 N–H and O–H groups in total. The van der Waals surface area contributed by atoms with Crippen molar-refractivity contribution in [2.45, 2.75) is 38.9 Å². The molecule has 0 atom stereocenters. The molecule has 0 saturated carbocycles. The first-order valence-electron chi connectivity index (χ1n) is 9.13. The molecular formula is C19H29F3IN3O. The zero-order valence-corrected chi connectivity index (χ0v) is 18.2. The molecule has 0 amide bonds. The van der Waals surface area contributed by atoms with Crippen LogP contribution in [-0.4, -0.2) is 44.2 Å². The lowest BCUT2D eigenvalue weighted by Crippen LogP contribution is -2.40. The summed E-state index contributed by atoms with van der Waals surface area (Å²) in [6.07, 6.45) is -1.09. The number of ether oxygens (including phenoxy) is 1. The highest BCUT2D eigenvalue weighted by Crippen LogP contribution is 2.29. The first kappa shape index (κ1) is 24.0. The van der Waals surface area contributed by atoms with E-state index < -0.39 is 11.7 Å². The lowest BCUT2D eigenvalue weighted by Gasteiger charge is -2.26. The fourth-order valence-corrected chi connectivity index (χ4v) is 3.00. The van der Waals surface area contributed by atoms with Crippen LogP contribution in [0, 0.1) is 5.92 Å². The van der Waals surface area contributed by atoms with Gasteiger partial charge in [0, 0.05) is 33.4 Å². The van der Waals surface area contributed by atoms with Crippen molar-refractivity contribution in [2.75, 3.05) is 33.4 Å². The summed E-state index contributed by atoms with van der Waals surface area (Å²) in [6.45, 7) is 5.43. The Morgan fingerprint density at radius 2 is 2.00 bits per heavy atom. The van der Waals surface area contributed by atoms with E-state index in [4.69, 9.17) is 4.74 Å². The molecule has 0 aliphatic carbocycles. The molecule has 0 aromatic heterocycles. The summed E-state index contributed by atoms with van der Waals surface area (Å²) in [5.74, 6) is 1.38. The number of alkyl halides is 3. The van der Waals surface area contributed by atoms with E-state index >= 15 is 0 Å². The van der Waals surface area contributed by atoms with Crippen molar-refractivity contribution in [1.82, 2.24) is 10.2 Å². The van der Waals surface area contributed by atoms with E-state index in [0.29, 0.717) is 18.0 Å². The van der Waals surface area contributed by atoms with Crippen LogP contribution in [0.25, 0.3) is 0 Å². The van der Waals surface area contributed by atoms with Crippen LogP contribution in [0.15, 0.2) is 29.3 Å². The molecular weight excluding hydrogens is 470 g/mol. The van der Waals surface area contributed by atoms with Gasteiger partial charge < -0.3 is 15.0 Å². The lowest BCUT2D eigenvalue weighted by atomic mass is 9.96. The van der Waals surface area contributed by atoms with Crippen molar-refractivity contribution in [3.63, 3.8) is 0 Å². The van der Waals surface area contributed by atoms with Crippen LogP contribution >= 0.6 is 24.0 Å². The molecule has 1 saturated heterocycles. The number of nitrogens with one attached hydrogen (secondary N) is 1. The van der Waals surface area contributed by atoms with Crippen molar-refractivity contribution >= 4 is 29.9 Å². The Labute approximate surface area is 176 Å². The molecule has 0 unspecified atom stereocenters. The zero-order chi connectivity index (χ0) is 19.0. The normalized spacial score (nSPS) is 16.0. The third-order valence-corrected chi connectivity index (χ3v) is 4.58. The molecule has 154 valence electrons. The van der Waals surface area contributed by atoms with Gasteiger partial charge in [0.05, 0.1) is 12.1 Å². The largest absolute Gasteiger partial charge is 0.416 e. The van der Waals surface area contributed by atoms with E-state index in [-0.39, 0.29) is 30.5 Å². The molecule has 1 aromatic carbocycles. The van der Waals surface area contributed by atoms with Crippen LogP contribution in [0.5, 0.6) is 0 Å². The average molecular weight is 499 g/mol. The van der Waals surface area contributed by atoms with Gasteiger partial charge in [0.2, 0.25) is 0 Å². The second-order valence-electron chi connectivity index (χ2n) is 6.63. The molecule has 1 aliphatic rings. The van der Waals surface area contributed by atoms with Crippen LogP contribution in [0.1, 0.15) is 37.3 Å². The van der Waals surface area contributed by atoms with Gasteiger partial charge >= 0.3 is 6.18 Å². The Morgan fingerprint density at radius 1 is 1.30 bits per heavy atom. The Kier molecular flexibility index (Phi) is 10.4. The summed E-state index contributed by atoms with van der Waals surface area (Å²) >= 11 is 0. The SMILES string of the molecule is CCNC(=NCc1cccc(C(F)(F)F)c1)N(C)CCC1CCOCC1.I. The van der Waals surface area contributed by atoms with Crippen LogP contribution in [-0.2, 0) is 17.5 Å². The van der Waals surface area contributed by atoms with Gasteiger partial charge in [-0.1, -0.05) is 12.1 Å². The fourth-order valence-electron chi connectivity index (χ4n) is 3.00. The number of benzene rings is 1. The molecule has 0 spiro atoms. The minimum Gasteiger partial charge on any atom is -0.381 e. The first-order chi connectivity index (χ1) is 12.4. The molecule has 2 rings (SSSR count). The highest BCUT2D eigenvalue weighted by molar-refractivity contribution is 14.0. The van der Waals surface area contributed by atoms with Crippen LogP contribution < -0.4 is 5.32 Å². The maximum atomic E-state index is 12.8. The number of nitrogens with zero attached hydrogens (tertiary/aromatic N) is 2. The molecule has 0 radical (unpaired) electrons. The number of rotatable bonds is 6. The average Bonchev–Trinajstić information content (AvgIpc) is 2.63. The van der Waals surface area contributed by atoms with Crippen molar-refractivity contribution in [1.29, 1.82) is 0 Å². The summed E-state index contributed by atoms with van der Waals surface area (Å²) in [7, 11) is 1.97. The highest BCUT2D eigenvalue weighted by atomic mass is 127. The molecule has 0 bridgehead atoms. The second kappa shape index (κ2) is 11.7. The Balaban J connectivity index is 0.00000364. The van der Waals surface area contributed by atoms with Gasteiger partial charge in [0.25, 0.3) is 0 Å². The number of aliphatic imine (C=N–C) groups is 1. The van der Waals surface area contributed by atoms with E-state index in [2.05, 4.69) is 10.3 Å². The van der Waals surface area contributed by atoms with Crippen LogP contribution in [0.2, 0.25) is 0 Å². The molecule has 4 nitrogen and oxygen atoms in total. The van der Waals surface area contributed by atoms with Crippen LogP contribution in [0.3, 0.4) is 0 Å². The zero-order valence-electron chi connectivity index (χ0n) is 15.9. The van der Waals surface area contributed by atoms with E-state index in [1.165, 1.54) is 6.07 Å². The van der Waals surface area contributed by atoms with E-state index in [1.807, 2.05) is 18.9 Å². The predicted molar refractivity (Wildman–Crippen MR) is 112 cm³/mol. The van der Waals surface area contributed by atoms with Crippen molar-refractivity contribution in [2.24, 2.45) is 10.9 Å². The highest BCUT2D eigenvalue weighted by Gasteiger charge is 2.30. The summed E-state index contributed by atoms with van der Waals surface area (Å²) in [5.41, 5.74) is -0.0869. The standard InChI is InChI=1S/C19H28F3N3O.HI/c1-3-23-18(25(2)10-7-15-8-11-26-12-9-15)24-14-16-5-4-6-17(13-16)19(20,21)22;/h4-6,13,15H,3,7-12,14H2,1-2H3,(H,23,24);1H. The maximum Gasteiger partial charge on any atom is 0.416 e. The number of hydrogen-bond acceptors (Lipinski definition) is 2. The molecule has 8 heteroatoms. The smallest absolute Gasteiger partial charge is 0.381 e. The maximum absolute atomic E-state index is 12.8. The third kappa shape index (κ3) is 8.25. The first-order valence-corrected chi connectivity index (χ1v) is 9.13. The lowest BCUT2D eigenvalue weighted by molar-refractivity contribution is -0.137. The summed E-state index contributed by atoms with van der Waals surface area (Å²) in [4.78, 5) is 6.56. The monoisotopic (exact) mass is 499 g/mol. The second-order valence-corrected chi connectivity index (χ2v) is 6.63. The molecule has 27 heavy (non-hydrogen) atoms. The van der Waals surface area contributed by atoms with Gasteiger partial charge in [-0.15, -0.1) is 24.0 Å². The third-order valence-electron chi connectivity index (χ3n) is 4.58. The number of hydrogen-bond donors (Lipinski definition) is 1. The fraction of sp³-hybridized carbons (Fsp3) is 0.632. The summed E-state index contributed by atoms with van der Waals surface area (Å²) < 4.78 is 43.9. The number of halogens is 4. The summed E-state index contributed by atoms with van der Waals surface area (Å²) in [5, 5.41) is 3.21. The van der Waals surface area contributed by atoms with Gasteiger partial charge in [-0.25, -0.2) is 4.99 Å². The number of guanidine groups is 1. The Morgan fingerprint density at radius 3 is 2.63 bits per heavy atom. The summed E-state index contributed by atoms with van der Waals surface area (Å²) in [6, 6.07) is 5.34. The Hall–Kier alpha value is -1.03. The minimum absolute atomic E-state index is 0. The van der Waals surface area contributed by atoms with Gasteiger partial charge in [-0.3, -0.25) is 0 Å². The predicted octanol–water partition coefficient (Wildman–Crippen LogP) is 4.54. The molecule has 1 aromatic rings. The molecule has 1 heterocycles. The topological polar surface area (TPSA) is 36.9 Å². The molecule has 1 fully saturated rings. The van der Waals surface area contributed by atoms with E-state index in [9.17, 15) is 13.2 Å². The van der Waals surface area contributed by atoms with Crippen LogP contribution in [0.4, 0.5) is 13.2 Å². The minimum atomic E-state index is -4.33. The van der Waals surface area contributed by atoms with Gasteiger partial charge in [-0.2, -0.15) is 13.2 Å². The van der Waals surface area contributed by atoms with E-state index in [0.717, 1.165) is 57.1 Å². The van der Waals surface area contributed by atoms with Crippen molar-refractivity contribution < 1.29 is 17.9 Å². The molecule has 1 aliphatic heterocycles. The van der Waals surface area contributed by atoms with Gasteiger partial charge in [0.1, 0.15) is 0 Å². The van der Waals surface area contributed by atoms with Crippen molar-refractivity contribution in [3.05, 3.63) is 35.4 Å². The van der Waals surface area contributed by atoms with Gasteiger partial charge in [0.15, 0.2) is 5.96 Å². The van der Waals surface area contributed by atoms with Crippen molar-refractivity contribution in [3.8, 4) is 0 Å². The van der Waals surface area contributed by atoms with Gasteiger partial charge in [-0.05, 0) is 49.8 Å². The quantitative estimate of drug-likeness (QED) is 0.355. The van der Waals surface area contributed by atoms with E-state index in [1.54, 1.807) is 6.07 Å².